The first kappa shape index (κ1) is 18.3. The minimum atomic E-state index is -1.64. The van der Waals surface area contributed by atoms with Gasteiger partial charge in [0.2, 0.25) is 5.60 Å². The van der Waals surface area contributed by atoms with Crippen molar-refractivity contribution in [1.82, 2.24) is 0 Å². The number of ketones is 2. The van der Waals surface area contributed by atoms with Gasteiger partial charge in [-0.25, -0.2) is 0 Å². The molecule has 0 N–H and O–H groups in total. The lowest BCUT2D eigenvalue weighted by Crippen LogP contribution is -2.47. The Bertz CT molecular complexity index is 1190. The highest BCUT2D eigenvalue weighted by atomic mass is 16.5. The van der Waals surface area contributed by atoms with E-state index in [1.807, 2.05) is 60.7 Å². The molecule has 29 heavy (non-hydrogen) atoms. The summed E-state index contributed by atoms with van der Waals surface area (Å²) in [4.78, 5) is 25.9. The molecule has 3 heteroatoms. The molecule has 0 saturated heterocycles. The summed E-state index contributed by atoms with van der Waals surface area (Å²) in [6.45, 7) is 0. The van der Waals surface area contributed by atoms with Crippen molar-refractivity contribution in [2.45, 2.75) is 12.0 Å². The summed E-state index contributed by atoms with van der Waals surface area (Å²) in [6.07, 6.45) is -0.174. The first-order valence-corrected chi connectivity index (χ1v) is 9.17. The maximum atomic E-state index is 13.1. The third-order valence-electron chi connectivity index (χ3n) is 4.52. The van der Waals surface area contributed by atoms with E-state index < -0.39 is 11.4 Å². The summed E-state index contributed by atoms with van der Waals surface area (Å²) in [5.74, 6) is 11.0. The van der Waals surface area contributed by atoms with E-state index >= 15 is 0 Å². The molecule has 0 fully saturated rings. The fourth-order valence-corrected chi connectivity index (χ4v) is 3.03. The number of hydrogen-bond acceptors (Lipinski definition) is 3. The molecule has 138 valence electrons. The van der Waals surface area contributed by atoms with Crippen LogP contribution in [0.25, 0.3) is 0 Å². The SMILES string of the molecule is O=C1C[C@@](C#Cc2ccccc2)(C(=O)C#Cc2ccccc2)Oc2ccccc21. The maximum absolute atomic E-state index is 13.1. The number of carbonyl (C=O) groups excluding carboxylic acids is 2. The third kappa shape index (κ3) is 3.95. The van der Waals surface area contributed by atoms with Gasteiger partial charge in [-0.2, -0.15) is 0 Å². The second-order valence-corrected chi connectivity index (χ2v) is 6.59. The Morgan fingerprint density at radius 2 is 1.38 bits per heavy atom. The van der Waals surface area contributed by atoms with Crippen LogP contribution < -0.4 is 4.74 Å². The molecule has 0 spiro atoms. The zero-order valence-electron chi connectivity index (χ0n) is 15.5. The van der Waals surface area contributed by atoms with Gasteiger partial charge >= 0.3 is 0 Å². The molecule has 0 aromatic heterocycles. The Hall–Kier alpha value is -4.08. The molecule has 3 nitrogen and oxygen atoms in total. The lowest BCUT2D eigenvalue weighted by atomic mass is 9.86. The summed E-state index contributed by atoms with van der Waals surface area (Å²) in [5, 5.41) is 0. The highest BCUT2D eigenvalue weighted by molar-refractivity contribution is 6.12. The van der Waals surface area contributed by atoms with E-state index in [1.165, 1.54) is 0 Å². The molecule has 1 aliphatic heterocycles. The highest BCUT2D eigenvalue weighted by Gasteiger charge is 2.45. The molecule has 1 aliphatic rings. The maximum Gasteiger partial charge on any atom is 0.262 e. The number of rotatable bonds is 1. The van der Waals surface area contributed by atoms with Crippen LogP contribution in [-0.2, 0) is 4.79 Å². The van der Waals surface area contributed by atoms with Crippen LogP contribution in [0.2, 0.25) is 0 Å². The zero-order valence-corrected chi connectivity index (χ0v) is 15.5. The van der Waals surface area contributed by atoms with Crippen LogP contribution in [0, 0.1) is 23.7 Å². The van der Waals surface area contributed by atoms with Crippen molar-refractivity contribution < 1.29 is 14.3 Å². The lowest BCUT2D eigenvalue weighted by molar-refractivity contribution is -0.124. The highest BCUT2D eigenvalue weighted by Crippen LogP contribution is 2.33. The molecule has 0 aliphatic carbocycles. The first-order valence-electron chi connectivity index (χ1n) is 9.17. The van der Waals surface area contributed by atoms with Crippen LogP contribution in [0.4, 0.5) is 0 Å². The van der Waals surface area contributed by atoms with Crippen molar-refractivity contribution in [1.29, 1.82) is 0 Å². The van der Waals surface area contributed by atoms with E-state index in [2.05, 4.69) is 23.7 Å². The molecule has 3 aromatic rings. The summed E-state index contributed by atoms with van der Waals surface area (Å²) in [6, 6.07) is 25.3. The molecule has 4 rings (SSSR count). The number of Topliss-reactive ketones (excluding diaryl/α,β-unsaturated/α-hetero) is 2. The monoisotopic (exact) mass is 376 g/mol. The summed E-state index contributed by atoms with van der Waals surface area (Å²) >= 11 is 0. The fraction of sp³-hybridized carbons (Fsp3) is 0.0769. The normalized spacial score (nSPS) is 16.9. The average molecular weight is 376 g/mol. The molecule has 0 bridgehead atoms. The molecule has 0 amide bonds. The topological polar surface area (TPSA) is 43.4 Å². The van der Waals surface area contributed by atoms with Gasteiger partial charge in [0.1, 0.15) is 5.75 Å². The number of fused-ring (bicyclic) bond motifs is 1. The lowest BCUT2D eigenvalue weighted by Gasteiger charge is -2.30. The standard InChI is InChI=1S/C26H16O3/c27-23-19-26(18-17-21-11-5-2-6-12-21,29-24-14-8-7-13-22(23)24)25(28)16-15-20-9-3-1-4-10-20/h1-14H,19H2/t26-/m0/s1. The number of para-hydroxylation sites is 1. The number of ether oxygens (including phenoxy) is 1. The van der Waals surface area contributed by atoms with Crippen LogP contribution in [0.3, 0.4) is 0 Å². The van der Waals surface area contributed by atoms with Gasteiger partial charge in [0.15, 0.2) is 5.78 Å². The largest absolute Gasteiger partial charge is 0.465 e. The van der Waals surface area contributed by atoms with E-state index in [1.54, 1.807) is 24.3 Å². The molecular weight excluding hydrogens is 360 g/mol. The summed E-state index contributed by atoms with van der Waals surface area (Å²) in [7, 11) is 0. The van der Waals surface area contributed by atoms with Crippen molar-refractivity contribution in [2.75, 3.05) is 0 Å². The smallest absolute Gasteiger partial charge is 0.262 e. The molecule has 0 saturated carbocycles. The van der Waals surface area contributed by atoms with Gasteiger partial charge in [0.25, 0.3) is 5.78 Å². The Balaban J connectivity index is 1.76. The van der Waals surface area contributed by atoms with Gasteiger partial charge in [-0.3, -0.25) is 9.59 Å². The minimum Gasteiger partial charge on any atom is -0.465 e. The summed E-state index contributed by atoms with van der Waals surface area (Å²) in [5.41, 5.74) is 0.247. The number of benzene rings is 3. The summed E-state index contributed by atoms with van der Waals surface area (Å²) < 4.78 is 6.02. The average Bonchev–Trinajstić information content (AvgIpc) is 2.77. The zero-order chi connectivity index (χ0) is 20.1. The van der Waals surface area contributed by atoms with Crippen LogP contribution in [0.5, 0.6) is 5.75 Å². The molecular formula is C26H16O3. The van der Waals surface area contributed by atoms with Crippen molar-refractivity contribution >= 4 is 11.6 Å². The molecule has 3 aromatic carbocycles. The van der Waals surface area contributed by atoms with Gasteiger partial charge in [-0.15, -0.1) is 0 Å². The molecule has 0 radical (unpaired) electrons. The fourth-order valence-electron chi connectivity index (χ4n) is 3.03. The van der Waals surface area contributed by atoms with Crippen molar-refractivity contribution in [2.24, 2.45) is 0 Å². The number of hydrogen-bond donors (Lipinski definition) is 0. The second-order valence-electron chi connectivity index (χ2n) is 6.59. The Kier molecular flexibility index (Phi) is 4.97. The van der Waals surface area contributed by atoms with Crippen molar-refractivity contribution in [3.8, 4) is 29.4 Å². The van der Waals surface area contributed by atoms with Crippen LogP contribution in [0.15, 0.2) is 84.9 Å². The van der Waals surface area contributed by atoms with E-state index in [-0.39, 0.29) is 12.2 Å². The van der Waals surface area contributed by atoms with Gasteiger partial charge < -0.3 is 4.74 Å². The molecule has 0 unspecified atom stereocenters. The quantitative estimate of drug-likeness (QED) is 0.602. The third-order valence-corrected chi connectivity index (χ3v) is 4.52. The van der Waals surface area contributed by atoms with Crippen LogP contribution >= 0.6 is 0 Å². The minimum absolute atomic E-state index is 0.174. The van der Waals surface area contributed by atoms with Crippen LogP contribution in [-0.4, -0.2) is 17.2 Å². The van der Waals surface area contributed by atoms with Gasteiger partial charge in [-0.1, -0.05) is 60.4 Å². The predicted octanol–water partition coefficient (Wildman–Crippen LogP) is 4.06. The van der Waals surface area contributed by atoms with Gasteiger partial charge in [0, 0.05) is 11.1 Å². The first-order chi connectivity index (χ1) is 14.2. The Labute approximate surface area is 169 Å². The Morgan fingerprint density at radius 3 is 2.07 bits per heavy atom. The molecule has 1 atom stereocenters. The second kappa shape index (κ2) is 7.89. The van der Waals surface area contributed by atoms with E-state index in [4.69, 9.17) is 4.74 Å². The van der Waals surface area contributed by atoms with Crippen LogP contribution in [0.1, 0.15) is 27.9 Å². The van der Waals surface area contributed by atoms with Crippen molar-refractivity contribution in [3.63, 3.8) is 0 Å². The van der Waals surface area contributed by atoms with E-state index in [0.29, 0.717) is 16.9 Å². The van der Waals surface area contributed by atoms with Gasteiger partial charge in [0.05, 0.1) is 12.0 Å². The van der Waals surface area contributed by atoms with E-state index in [0.717, 1.165) is 5.56 Å². The number of carbonyl (C=O) groups is 2. The predicted molar refractivity (Wildman–Crippen MR) is 110 cm³/mol. The van der Waals surface area contributed by atoms with E-state index in [9.17, 15) is 9.59 Å². The molecule has 1 heterocycles. The Morgan fingerprint density at radius 1 is 0.793 bits per heavy atom. The van der Waals surface area contributed by atoms with Crippen molar-refractivity contribution in [3.05, 3.63) is 102 Å². The van der Waals surface area contributed by atoms with Gasteiger partial charge in [-0.05, 0) is 48.2 Å².